The number of hydrogen-bond donors (Lipinski definition) is 1. The molecule has 108 valence electrons. The number of halogens is 4. The van der Waals surface area contributed by atoms with Gasteiger partial charge in [-0.15, -0.1) is 0 Å². The molecule has 0 spiro atoms. The molecule has 0 unspecified atom stereocenters. The first-order valence-electron chi connectivity index (χ1n) is 5.96. The average molecular weight is 311 g/mol. The Morgan fingerprint density at radius 3 is 2.33 bits per heavy atom. The fraction of sp³-hybridized carbons (Fsp3) is 0.133. The highest BCUT2D eigenvalue weighted by Crippen LogP contribution is 2.33. The number of alkyl halides is 3. The highest BCUT2D eigenvalue weighted by Gasteiger charge is 2.31. The van der Waals surface area contributed by atoms with Crippen molar-refractivity contribution in [2.75, 3.05) is 5.32 Å². The molecule has 2 aromatic carbocycles. The number of nitriles is 1. The van der Waals surface area contributed by atoms with Crippen LogP contribution in [0.15, 0.2) is 36.4 Å². The molecule has 2 nitrogen and oxygen atoms in total. The molecular weight excluding hydrogens is 301 g/mol. The number of nitrogens with one attached hydrogen (secondary N) is 1. The van der Waals surface area contributed by atoms with Crippen LogP contribution in [-0.4, -0.2) is 0 Å². The van der Waals surface area contributed by atoms with Gasteiger partial charge in [-0.1, -0.05) is 11.6 Å². The molecular formula is C15H10ClF3N2. The zero-order valence-corrected chi connectivity index (χ0v) is 11.7. The third-order valence-corrected chi connectivity index (χ3v) is 3.16. The van der Waals surface area contributed by atoms with E-state index >= 15 is 0 Å². The van der Waals surface area contributed by atoms with Crippen LogP contribution in [0, 0.1) is 18.3 Å². The summed E-state index contributed by atoms with van der Waals surface area (Å²) in [6.07, 6.45) is -4.47. The minimum Gasteiger partial charge on any atom is -0.354 e. The van der Waals surface area contributed by atoms with Gasteiger partial charge in [0, 0.05) is 10.7 Å². The summed E-state index contributed by atoms with van der Waals surface area (Å²) < 4.78 is 37.9. The summed E-state index contributed by atoms with van der Waals surface area (Å²) >= 11 is 5.84. The van der Waals surface area contributed by atoms with E-state index in [-0.39, 0.29) is 5.56 Å². The molecule has 21 heavy (non-hydrogen) atoms. The second-order valence-corrected chi connectivity index (χ2v) is 4.89. The Morgan fingerprint density at radius 2 is 1.76 bits per heavy atom. The SMILES string of the molecule is Cc1cc(Cl)ccc1Nc1ccc(C(F)(F)F)cc1C#N. The van der Waals surface area contributed by atoms with Crippen LogP contribution >= 0.6 is 11.6 Å². The summed E-state index contributed by atoms with van der Waals surface area (Å²) in [6.45, 7) is 1.81. The van der Waals surface area contributed by atoms with Crippen molar-refractivity contribution < 1.29 is 13.2 Å². The first kappa shape index (κ1) is 15.2. The molecule has 0 aliphatic heterocycles. The minimum atomic E-state index is -4.47. The van der Waals surface area contributed by atoms with Gasteiger partial charge in [-0.05, 0) is 48.9 Å². The molecule has 2 rings (SSSR count). The van der Waals surface area contributed by atoms with E-state index in [2.05, 4.69) is 5.32 Å². The number of benzene rings is 2. The lowest BCUT2D eigenvalue weighted by Crippen LogP contribution is -2.06. The van der Waals surface area contributed by atoms with E-state index in [1.165, 1.54) is 6.07 Å². The van der Waals surface area contributed by atoms with Crippen LogP contribution in [0.5, 0.6) is 0 Å². The van der Waals surface area contributed by atoms with Gasteiger partial charge in [0.05, 0.1) is 16.8 Å². The van der Waals surface area contributed by atoms with Crippen LogP contribution in [0.3, 0.4) is 0 Å². The zero-order valence-electron chi connectivity index (χ0n) is 10.9. The molecule has 6 heteroatoms. The van der Waals surface area contributed by atoms with Crippen LogP contribution in [0.4, 0.5) is 24.5 Å². The zero-order chi connectivity index (χ0) is 15.6. The largest absolute Gasteiger partial charge is 0.416 e. The van der Waals surface area contributed by atoms with Crippen LogP contribution < -0.4 is 5.32 Å². The van der Waals surface area contributed by atoms with Gasteiger partial charge in [-0.3, -0.25) is 0 Å². The molecule has 0 radical (unpaired) electrons. The fourth-order valence-corrected chi connectivity index (χ4v) is 2.06. The third-order valence-electron chi connectivity index (χ3n) is 2.93. The van der Waals surface area contributed by atoms with E-state index in [0.29, 0.717) is 16.4 Å². The van der Waals surface area contributed by atoms with Gasteiger partial charge in [0.1, 0.15) is 6.07 Å². The van der Waals surface area contributed by atoms with Crippen molar-refractivity contribution in [3.8, 4) is 6.07 Å². The van der Waals surface area contributed by atoms with E-state index in [1.807, 2.05) is 6.92 Å². The van der Waals surface area contributed by atoms with Crippen LogP contribution in [0.2, 0.25) is 5.02 Å². The fourth-order valence-electron chi connectivity index (χ4n) is 1.83. The van der Waals surface area contributed by atoms with Crippen LogP contribution in [-0.2, 0) is 6.18 Å². The van der Waals surface area contributed by atoms with E-state index < -0.39 is 11.7 Å². The Labute approximate surface area is 124 Å². The second-order valence-electron chi connectivity index (χ2n) is 4.45. The lowest BCUT2D eigenvalue weighted by atomic mass is 10.1. The Morgan fingerprint density at radius 1 is 1.10 bits per heavy atom. The minimum absolute atomic E-state index is 0.0702. The second kappa shape index (κ2) is 5.66. The molecule has 0 amide bonds. The highest BCUT2D eigenvalue weighted by molar-refractivity contribution is 6.30. The monoisotopic (exact) mass is 310 g/mol. The molecule has 0 saturated heterocycles. The molecule has 0 aliphatic carbocycles. The summed E-state index contributed by atoms with van der Waals surface area (Å²) in [5.74, 6) is 0. The topological polar surface area (TPSA) is 35.8 Å². The number of anilines is 2. The van der Waals surface area contributed by atoms with Gasteiger partial charge in [0.25, 0.3) is 0 Å². The van der Waals surface area contributed by atoms with Crippen molar-refractivity contribution in [2.24, 2.45) is 0 Å². The average Bonchev–Trinajstić information content (AvgIpc) is 2.41. The van der Waals surface area contributed by atoms with Crippen molar-refractivity contribution in [1.82, 2.24) is 0 Å². The number of aryl methyl sites for hydroxylation is 1. The maximum atomic E-state index is 12.6. The first-order valence-corrected chi connectivity index (χ1v) is 6.33. The maximum Gasteiger partial charge on any atom is 0.416 e. The van der Waals surface area contributed by atoms with E-state index in [1.54, 1.807) is 24.3 Å². The van der Waals surface area contributed by atoms with Crippen molar-refractivity contribution in [3.63, 3.8) is 0 Å². The van der Waals surface area contributed by atoms with Crippen molar-refractivity contribution in [3.05, 3.63) is 58.1 Å². The van der Waals surface area contributed by atoms with Gasteiger partial charge >= 0.3 is 6.18 Å². The van der Waals surface area contributed by atoms with E-state index in [9.17, 15) is 13.2 Å². The van der Waals surface area contributed by atoms with Gasteiger partial charge in [0.2, 0.25) is 0 Å². The van der Waals surface area contributed by atoms with Crippen LogP contribution in [0.25, 0.3) is 0 Å². The standard InChI is InChI=1S/C15H10ClF3N2/c1-9-6-12(16)3-5-13(9)21-14-4-2-11(15(17,18)19)7-10(14)8-20/h2-7,21H,1H3. The number of rotatable bonds is 2. The number of nitrogens with zero attached hydrogens (tertiary/aromatic N) is 1. The third kappa shape index (κ3) is 3.47. The van der Waals surface area contributed by atoms with Crippen molar-refractivity contribution in [1.29, 1.82) is 5.26 Å². The van der Waals surface area contributed by atoms with Gasteiger partial charge in [-0.2, -0.15) is 18.4 Å². The Balaban J connectivity index is 2.39. The first-order chi connectivity index (χ1) is 9.81. The molecule has 0 aromatic heterocycles. The number of hydrogen-bond acceptors (Lipinski definition) is 2. The quantitative estimate of drug-likeness (QED) is 0.819. The maximum absolute atomic E-state index is 12.6. The molecule has 2 aromatic rings. The van der Waals surface area contributed by atoms with Gasteiger partial charge in [0.15, 0.2) is 0 Å². The molecule has 0 atom stereocenters. The highest BCUT2D eigenvalue weighted by atomic mass is 35.5. The van der Waals surface area contributed by atoms with Gasteiger partial charge in [-0.25, -0.2) is 0 Å². The lowest BCUT2D eigenvalue weighted by Gasteiger charge is -2.13. The van der Waals surface area contributed by atoms with Crippen molar-refractivity contribution in [2.45, 2.75) is 13.1 Å². The molecule has 0 fully saturated rings. The molecule has 0 heterocycles. The predicted octanol–water partition coefficient (Wildman–Crippen LogP) is 5.28. The summed E-state index contributed by atoms with van der Waals surface area (Å²) in [5.41, 5.74) is 0.898. The van der Waals surface area contributed by atoms with Crippen LogP contribution in [0.1, 0.15) is 16.7 Å². The Kier molecular flexibility index (Phi) is 4.10. The smallest absolute Gasteiger partial charge is 0.354 e. The van der Waals surface area contributed by atoms with E-state index in [4.69, 9.17) is 16.9 Å². The summed E-state index contributed by atoms with van der Waals surface area (Å²) in [5, 5.41) is 12.5. The molecule has 0 bridgehead atoms. The predicted molar refractivity (Wildman–Crippen MR) is 75.6 cm³/mol. The van der Waals surface area contributed by atoms with Gasteiger partial charge < -0.3 is 5.32 Å². The Hall–Kier alpha value is -2.19. The molecule has 1 N–H and O–H groups in total. The summed E-state index contributed by atoms with van der Waals surface area (Å²) in [7, 11) is 0. The van der Waals surface area contributed by atoms with Crippen molar-refractivity contribution >= 4 is 23.0 Å². The lowest BCUT2D eigenvalue weighted by molar-refractivity contribution is -0.137. The molecule has 0 saturated carbocycles. The summed E-state index contributed by atoms with van der Waals surface area (Å²) in [4.78, 5) is 0. The Bertz CT molecular complexity index is 718. The normalized spacial score (nSPS) is 11.0. The summed E-state index contributed by atoms with van der Waals surface area (Å²) in [6, 6.07) is 9.87. The molecule has 0 aliphatic rings. The van der Waals surface area contributed by atoms with E-state index in [0.717, 1.165) is 17.7 Å².